The van der Waals surface area contributed by atoms with Gasteiger partial charge in [-0.2, -0.15) is 0 Å². The molecule has 0 N–H and O–H groups in total. The van der Waals surface area contributed by atoms with E-state index in [4.69, 9.17) is 58.0 Å². The van der Waals surface area contributed by atoms with Crippen molar-refractivity contribution >= 4 is 58.0 Å². The molecule has 19 heavy (non-hydrogen) atoms. The molecule has 0 saturated carbocycles. The van der Waals surface area contributed by atoms with Gasteiger partial charge in [0.05, 0.1) is 20.3 Å². The molecule has 2 atom stereocenters. The normalized spacial score (nSPS) is 25.4. The van der Waals surface area contributed by atoms with Crippen molar-refractivity contribution in [3.8, 4) is 0 Å². The van der Waals surface area contributed by atoms with Crippen LogP contribution < -0.4 is 0 Å². The Morgan fingerprint density at radius 2 is 1.79 bits per heavy atom. The Balaban J connectivity index is 0.000000191. The molecule has 0 aliphatic heterocycles. The van der Waals surface area contributed by atoms with Crippen molar-refractivity contribution < 1.29 is 0 Å². The summed E-state index contributed by atoms with van der Waals surface area (Å²) in [5.41, 5.74) is 1.02. The van der Waals surface area contributed by atoms with Crippen molar-refractivity contribution in [2.24, 2.45) is 0 Å². The van der Waals surface area contributed by atoms with Gasteiger partial charge in [-0.1, -0.05) is 53.0 Å². The van der Waals surface area contributed by atoms with E-state index in [1.54, 1.807) is 24.3 Å². The summed E-state index contributed by atoms with van der Waals surface area (Å²) in [6.07, 6.45) is 5.29. The van der Waals surface area contributed by atoms with Crippen molar-refractivity contribution in [1.82, 2.24) is 0 Å². The lowest BCUT2D eigenvalue weighted by Crippen LogP contribution is -2.26. The number of alkyl halides is 2. The molecular weight excluding hydrogens is 345 g/mol. The third kappa shape index (κ3) is 5.21. The summed E-state index contributed by atoms with van der Waals surface area (Å²) >= 11 is 28.9. The van der Waals surface area contributed by atoms with E-state index in [1.165, 1.54) is 0 Å². The number of hydrogen-bond donors (Lipinski definition) is 0. The van der Waals surface area contributed by atoms with E-state index in [0.29, 0.717) is 15.1 Å². The zero-order valence-electron chi connectivity index (χ0n) is 10.4. The van der Waals surface area contributed by atoms with Crippen LogP contribution in [-0.2, 0) is 0 Å². The standard InChI is InChI=1S/C7H7Cl3.C7H6Cl2/c1-7(10)3-2-5(8)4-6(7)9;1-5-3-2-4-6(8)7(5)9/h2-4,6H,1H3;2-4H,1H3. The first kappa shape index (κ1) is 17.2. The van der Waals surface area contributed by atoms with Crippen LogP contribution >= 0.6 is 58.0 Å². The Morgan fingerprint density at radius 3 is 2.21 bits per heavy atom. The fourth-order valence-electron chi connectivity index (χ4n) is 1.30. The summed E-state index contributed by atoms with van der Waals surface area (Å²) in [5, 5.41) is 1.71. The summed E-state index contributed by atoms with van der Waals surface area (Å²) in [5.74, 6) is 0. The molecule has 5 heteroatoms. The van der Waals surface area contributed by atoms with Gasteiger partial charge in [-0.05, 0) is 37.6 Å². The van der Waals surface area contributed by atoms with Gasteiger partial charge in [0.2, 0.25) is 0 Å². The van der Waals surface area contributed by atoms with Crippen molar-refractivity contribution in [1.29, 1.82) is 0 Å². The van der Waals surface area contributed by atoms with Crippen LogP contribution in [0.25, 0.3) is 0 Å². The molecule has 0 fully saturated rings. The highest BCUT2D eigenvalue weighted by Gasteiger charge is 2.28. The summed E-state index contributed by atoms with van der Waals surface area (Å²) in [6, 6.07) is 5.58. The minimum atomic E-state index is -0.486. The summed E-state index contributed by atoms with van der Waals surface area (Å²) < 4.78 is 0. The molecule has 1 aromatic carbocycles. The monoisotopic (exact) mass is 356 g/mol. The smallest absolute Gasteiger partial charge is 0.0800 e. The molecule has 1 aliphatic rings. The Bertz CT molecular complexity index is 482. The highest BCUT2D eigenvalue weighted by atomic mass is 35.5. The average Bonchev–Trinajstić information content (AvgIpc) is 2.33. The van der Waals surface area contributed by atoms with Gasteiger partial charge in [-0.15, -0.1) is 23.2 Å². The van der Waals surface area contributed by atoms with Gasteiger partial charge in [-0.3, -0.25) is 0 Å². The Hall–Kier alpha value is 0.150. The van der Waals surface area contributed by atoms with E-state index in [9.17, 15) is 0 Å². The lowest BCUT2D eigenvalue weighted by Gasteiger charge is -2.24. The van der Waals surface area contributed by atoms with Gasteiger partial charge in [0.25, 0.3) is 0 Å². The van der Waals surface area contributed by atoms with Crippen molar-refractivity contribution in [3.63, 3.8) is 0 Å². The van der Waals surface area contributed by atoms with E-state index < -0.39 is 4.87 Å². The fourth-order valence-corrected chi connectivity index (χ4v) is 2.24. The van der Waals surface area contributed by atoms with E-state index in [2.05, 4.69) is 0 Å². The van der Waals surface area contributed by atoms with Gasteiger partial charge in [-0.25, -0.2) is 0 Å². The molecule has 2 rings (SSSR count). The second-order valence-corrected chi connectivity index (χ2v) is 6.81. The molecular formula is C14H13Cl5. The van der Waals surface area contributed by atoms with Crippen LogP contribution in [0.2, 0.25) is 10.0 Å². The molecule has 0 radical (unpaired) electrons. The molecule has 0 nitrogen and oxygen atoms in total. The second-order valence-electron chi connectivity index (χ2n) is 4.31. The van der Waals surface area contributed by atoms with E-state index in [-0.39, 0.29) is 5.38 Å². The maximum absolute atomic E-state index is 5.97. The zero-order valence-corrected chi connectivity index (χ0v) is 14.2. The van der Waals surface area contributed by atoms with Crippen LogP contribution in [0.15, 0.2) is 41.5 Å². The zero-order chi connectivity index (χ0) is 14.6. The SMILES string of the molecule is CC1(Cl)C=CC(Cl)=CC1Cl.Cc1cccc(Cl)c1Cl. The molecule has 0 spiro atoms. The first-order valence-corrected chi connectivity index (χ1v) is 7.49. The highest BCUT2D eigenvalue weighted by Crippen LogP contribution is 2.32. The van der Waals surface area contributed by atoms with Gasteiger partial charge in [0.15, 0.2) is 0 Å². The third-order valence-corrected chi connectivity index (χ3v) is 4.78. The summed E-state index contributed by atoms with van der Waals surface area (Å²) in [7, 11) is 0. The largest absolute Gasteiger partial charge is 0.116 e. The van der Waals surface area contributed by atoms with Crippen LogP contribution in [-0.4, -0.2) is 10.3 Å². The Morgan fingerprint density at radius 1 is 1.16 bits per heavy atom. The number of allylic oxidation sites excluding steroid dienone is 4. The topological polar surface area (TPSA) is 0 Å². The van der Waals surface area contributed by atoms with E-state index >= 15 is 0 Å². The van der Waals surface area contributed by atoms with Crippen LogP contribution in [0.3, 0.4) is 0 Å². The predicted octanol–water partition coefficient (Wildman–Crippen LogP) is 6.59. The first-order valence-electron chi connectivity index (χ1n) is 5.54. The number of aryl methyl sites for hydroxylation is 1. The Labute approximate surface area is 138 Å². The Kier molecular flexibility index (Phi) is 6.56. The lowest BCUT2D eigenvalue weighted by atomic mass is 10.0. The van der Waals surface area contributed by atoms with Crippen LogP contribution in [0.5, 0.6) is 0 Å². The molecule has 0 saturated heterocycles. The fraction of sp³-hybridized carbons (Fsp3) is 0.286. The maximum Gasteiger partial charge on any atom is 0.0800 e. The van der Waals surface area contributed by atoms with Crippen LogP contribution in [0, 0.1) is 6.92 Å². The van der Waals surface area contributed by atoms with Crippen molar-refractivity contribution in [2.45, 2.75) is 24.1 Å². The molecule has 1 aliphatic carbocycles. The van der Waals surface area contributed by atoms with Crippen molar-refractivity contribution in [2.75, 3.05) is 0 Å². The van der Waals surface area contributed by atoms with Crippen LogP contribution in [0.1, 0.15) is 12.5 Å². The van der Waals surface area contributed by atoms with Gasteiger partial charge in [0.1, 0.15) is 0 Å². The second kappa shape index (κ2) is 7.24. The van der Waals surface area contributed by atoms with Gasteiger partial charge >= 0.3 is 0 Å². The third-order valence-electron chi connectivity index (χ3n) is 2.56. The molecule has 0 bridgehead atoms. The maximum atomic E-state index is 5.97. The number of hydrogen-bond acceptors (Lipinski definition) is 0. The molecule has 0 aromatic heterocycles. The van der Waals surface area contributed by atoms with Gasteiger partial charge < -0.3 is 0 Å². The highest BCUT2D eigenvalue weighted by molar-refractivity contribution is 6.42. The quantitative estimate of drug-likeness (QED) is 0.459. The molecule has 0 amide bonds. The minimum absolute atomic E-state index is 0.216. The molecule has 0 heterocycles. The lowest BCUT2D eigenvalue weighted by molar-refractivity contribution is 0.789. The van der Waals surface area contributed by atoms with Crippen LogP contribution in [0.4, 0.5) is 0 Å². The van der Waals surface area contributed by atoms with Gasteiger partial charge in [0, 0.05) is 5.03 Å². The average molecular weight is 359 g/mol. The van der Waals surface area contributed by atoms with Crippen molar-refractivity contribution in [3.05, 3.63) is 57.1 Å². The van der Waals surface area contributed by atoms with E-state index in [0.717, 1.165) is 5.56 Å². The van der Waals surface area contributed by atoms with E-state index in [1.807, 2.05) is 26.0 Å². The molecule has 2 unspecified atom stereocenters. The first-order chi connectivity index (χ1) is 8.74. The summed E-state index contributed by atoms with van der Waals surface area (Å²) in [6.45, 7) is 3.77. The number of rotatable bonds is 0. The molecule has 1 aromatic rings. The predicted molar refractivity (Wildman–Crippen MR) is 88.2 cm³/mol. The number of halogens is 5. The number of benzene rings is 1. The summed E-state index contributed by atoms with van der Waals surface area (Å²) in [4.78, 5) is -0.486. The molecule has 104 valence electrons. The minimum Gasteiger partial charge on any atom is -0.116 e.